The van der Waals surface area contributed by atoms with Crippen molar-refractivity contribution in [2.75, 3.05) is 24.6 Å². The molecule has 0 spiro atoms. The van der Waals surface area contributed by atoms with Gasteiger partial charge in [0.15, 0.2) is 6.10 Å². The third kappa shape index (κ3) is 3.70. The van der Waals surface area contributed by atoms with Crippen LogP contribution in [0.1, 0.15) is 32.6 Å². The van der Waals surface area contributed by atoms with Crippen LogP contribution in [0.4, 0.5) is 5.69 Å². The summed E-state index contributed by atoms with van der Waals surface area (Å²) in [6, 6.07) is 7.46. The van der Waals surface area contributed by atoms with Gasteiger partial charge in [-0.25, -0.2) is 0 Å². The molecule has 6 nitrogen and oxygen atoms in total. The molecule has 2 amide bonds. The van der Waals surface area contributed by atoms with Gasteiger partial charge >= 0.3 is 0 Å². The molecule has 0 aliphatic carbocycles. The van der Waals surface area contributed by atoms with Crippen LogP contribution in [0.5, 0.6) is 5.75 Å². The van der Waals surface area contributed by atoms with Crippen molar-refractivity contribution in [3.05, 3.63) is 24.3 Å². The minimum Gasteiger partial charge on any atom is -0.478 e. The zero-order valence-electron chi connectivity index (χ0n) is 14.0. The van der Waals surface area contributed by atoms with Gasteiger partial charge in [-0.15, -0.1) is 0 Å². The molecule has 2 unspecified atom stereocenters. The minimum atomic E-state index is -0.477. The number of hydrogen-bond donors (Lipinski definition) is 1. The van der Waals surface area contributed by atoms with Gasteiger partial charge < -0.3 is 19.7 Å². The first-order chi connectivity index (χ1) is 11.7. The predicted octanol–water partition coefficient (Wildman–Crippen LogP) is 1.88. The molecular weight excluding hydrogens is 308 g/mol. The van der Waals surface area contributed by atoms with Crippen LogP contribution in [0.3, 0.4) is 0 Å². The second kappa shape index (κ2) is 7.66. The Kier molecular flexibility index (Phi) is 5.35. The van der Waals surface area contributed by atoms with Crippen molar-refractivity contribution in [1.82, 2.24) is 5.32 Å². The van der Waals surface area contributed by atoms with Crippen LogP contribution in [0, 0.1) is 0 Å². The van der Waals surface area contributed by atoms with Gasteiger partial charge in [-0.05, 0) is 31.4 Å². The van der Waals surface area contributed by atoms with E-state index in [1.165, 1.54) is 0 Å². The summed E-state index contributed by atoms with van der Waals surface area (Å²) in [5.41, 5.74) is 0.735. The van der Waals surface area contributed by atoms with E-state index in [0.717, 1.165) is 25.1 Å². The van der Waals surface area contributed by atoms with Crippen LogP contribution in [0.2, 0.25) is 0 Å². The fraction of sp³-hybridized carbons (Fsp3) is 0.556. The Morgan fingerprint density at radius 2 is 2.21 bits per heavy atom. The van der Waals surface area contributed by atoms with Gasteiger partial charge in [0.2, 0.25) is 5.91 Å². The maximum absolute atomic E-state index is 12.5. The number of anilines is 1. The molecule has 0 bridgehead atoms. The molecule has 2 atom stereocenters. The average Bonchev–Trinajstić information content (AvgIpc) is 3.12. The summed E-state index contributed by atoms with van der Waals surface area (Å²) < 4.78 is 11.2. The predicted molar refractivity (Wildman–Crippen MR) is 90.1 cm³/mol. The van der Waals surface area contributed by atoms with E-state index >= 15 is 0 Å². The van der Waals surface area contributed by atoms with Gasteiger partial charge in [-0.2, -0.15) is 0 Å². The smallest absolute Gasteiger partial charge is 0.268 e. The SMILES string of the molecule is CCC1Oc2ccccc2N(CCC(=O)NCC2CCCO2)C1=O. The lowest BCUT2D eigenvalue weighted by Gasteiger charge is -2.34. The van der Waals surface area contributed by atoms with E-state index in [4.69, 9.17) is 9.47 Å². The van der Waals surface area contributed by atoms with Gasteiger partial charge in [-0.3, -0.25) is 9.59 Å². The molecule has 2 aliphatic rings. The number of nitrogens with one attached hydrogen (secondary N) is 1. The molecule has 130 valence electrons. The highest BCUT2D eigenvalue weighted by molar-refractivity contribution is 6.00. The number of carbonyl (C=O) groups is 2. The van der Waals surface area contributed by atoms with E-state index in [1.54, 1.807) is 4.90 Å². The fourth-order valence-electron chi connectivity index (χ4n) is 3.10. The lowest BCUT2D eigenvalue weighted by atomic mass is 10.1. The maximum Gasteiger partial charge on any atom is 0.268 e. The Hall–Kier alpha value is -2.08. The van der Waals surface area contributed by atoms with Crippen molar-refractivity contribution < 1.29 is 19.1 Å². The summed E-state index contributed by atoms with van der Waals surface area (Å²) in [4.78, 5) is 26.3. The van der Waals surface area contributed by atoms with Crippen LogP contribution >= 0.6 is 0 Å². The third-order valence-corrected chi connectivity index (χ3v) is 4.45. The second-order valence-corrected chi connectivity index (χ2v) is 6.16. The van der Waals surface area contributed by atoms with Gasteiger partial charge in [0, 0.05) is 26.1 Å². The number of rotatable bonds is 6. The highest BCUT2D eigenvalue weighted by Gasteiger charge is 2.33. The number of hydrogen-bond acceptors (Lipinski definition) is 4. The molecule has 1 N–H and O–H groups in total. The minimum absolute atomic E-state index is 0.0599. The quantitative estimate of drug-likeness (QED) is 0.864. The Morgan fingerprint density at radius 1 is 1.38 bits per heavy atom. The molecule has 1 fully saturated rings. The first-order valence-corrected chi connectivity index (χ1v) is 8.64. The maximum atomic E-state index is 12.5. The summed E-state index contributed by atoms with van der Waals surface area (Å²) in [5.74, 6) is 0.558. The normalized spacial score (nSPS) is 22.9. The van der Waals surface area contributed by atoms with Crippen molar-refractivity contribution in [3.63, 3.8) is 0 Å². The summed E-state index contributed by atoms with van der Waals surface area (Å²) in [6.45, 7) is 3.60. The van der Waals surface area contributed by atoms with Crippen molar-refractivity contribution in [2.24, 2.45) is 0 Å². The highest BCUT2D eigenvalue weighted by atomic mass is 16.5. The van der Waals surface area contributed by atoms with Crippen LogP contribution in [0.15, 0.2) is 24.3 Å². The Morgan fingerprint density at radius 3 is 2.96 bits per heavy atom. The van der Waals surface area contributed by atoms with Crippen LogP contribution in [-0.4, -0.2) is 43.7 Å². The number of carbonyl (C=O) groups excluding carboxylic acids is 2. The molecule has 6 heteroatoms. The fourth-order valence-corrected chi connectivity index (χ4v) is 3.10. The van der Waals surface area contributed by atoms with Crippen LogP contribution < -0.4 is 15.0 Å². The van der Waals surface area contributed by atoms with Crippen molar-refractivity contribution >= 4 is 17.5 Å². The number of benzene rings is 1. The standard InChI is InChI=1S/C18H24N2O4/c1-2-15-18(22)20(14-7-3-4-8-16(14)24-15)10-9-17(21)19-12-13-6-5-11-23-13/h3-4,7-8,13,15H,2,5-6,9-12H2,1H3,(H,19,21). The molecular formula is C18H24N2O4. The zero-order chi connectivity index (χ0) is 16.9. The lowest BCUT2D eigenvalue weighted by Crippen LogP contribution is -2.47. The monoisotopic (exact) mass is 332 g/mol. The third-order valence-electron chi connectivity index (χ3n) is 4.45. The van der Waals surface area contributed by atoms with Crippen molar-refractivity contribution in [1.29, 1.82) is 0 Å². The average molecular weight is 332 g/mol. The number of nitrogens with zero attached hydrogens (tertiary/aromatic N) is 1. The summed E-state index contributed by atoms with van der Waals surface area (Å²) in [5, 5.41) is 2.90. The van der Waals surface area contributed by atoms with Gasteiger partial charge in [0.1, 0.15) is 5.75 Å². The van der Waals surface area contributed by atoms with E-state index in [-0.39, 0.29) is 24.3 Å². The molecule has 24 heavy (non-hydrogen) atoms. The van der Waals surface area contributed by atoms with Gasteiger partial charge in [0.05, 0.1) is 11.8 Å². The van der Waals surface area contributed by atoms with E-state index in [2.05, 4.69) is 5.32 Å². The van der Waals surface area contributed by atoms with Gasteiger partial charge in [-0.1, -0.05) is 19.1 Å². The molecule has 0 radical (unpaired) electrons. The highest BCUT2D eigenvalue weighted by Crippen LogP contribution is 2.34. The van der Waals surface area contributed by atoms with Crippen LogP contribution in [-0.2, 0) is 14.3 Å². The van der Waals surface area contributed by atoms with Crippen molar-refractivity contribution in [3.8, 4) is 5.75 Å². The number of para-hydroxylation sites is 2. The second-order valence-electron chi connectivity index (χ2n) is 6.16. The zero-order valence-corrected chi connectivity index (χ0v) is 14.0. The molecule has 1 saturated heterocycles. The lowest BCUT2D eigenvalue weighted by molar-refractivity contribution is -0.126. The Balaban J connectivity index is 1.58. The van der Waals surface area contributed by atoms with Crippen molar-refractivity contribution in [2.45, 2.75) is 44.8 Å². The largest absolute Gasteiger partial charge is 0.478 e. The topological polar surface area (TPSA) is 67.9 Å². The summed E-state index contributed by atoms with van der Waals surface area (Å²) in [7, 11) is 0. The van der Waals surface area contributed by atoms with Gasteiger partial charge in [0.25, 0.3) is 5.91 Å². The number of fused-ring (bicyclic) bond motifs is 1. The molecule has 1 aromatic rings. The molecule has 3 rings (SSSR count). The molecule has 2 aliphatic heterocycles. The molecule has 2 heterocycles. The van der Waals surface area contributed by atoms with E-state index < -0.39 is 6.10 Å². The number of ether oxygens (including phenoxy) is 2. The molecule has 1 aromatic carbocycles. The first-order valence-electron chi connectivity index (χ1n) is 8.64. The molecule has 0 aromatic heterocycles. The summed E-state index contributed by atoms with van der Waals surface area (Å²) >= 11 is 0. The van der Waals surface area contributed by atoms with E-state index in [0.29, 0.717) is 25.3 Å². The van der Waals surface area contributed by atoms with E-state index in [1.807, 2.05) is 31.2 Å². The van der Waals surface area contributed by atoms with Crippen LogP contribution in [0.25, 0.3) is 0 Å². The van der Waals surface area contributed by atoms with E-state index in [9.17, 15) is 9.59 Å². The first kappa shape index (κ1) is 16.8. The summed E-state index contributed by atoms with van der Waals surface area (Å²) in [6.07, 6.45) is 2.57. The Labute approximate surface area is 142 Å². The Bertz CT molecular complexity index is 598. The number of amides is 2. The molecule has 0 saturated carbocycles.